The number of benzene rings is 2. The van der Waals surface area contributed by atoms with Gasteiger partial charge in [-0.3, -0.25) is 4.79 Å². The van der Waals surface area contributed by atoms with Crippen LogP contribution in [0.3, 0.4) is 0 Å². The van der Waals surface area contributed by atoms with Crippen molar-refractivity contribution in [1.29, 1.82) is 0 Å². The molecule has 2 aromatic rings. The minimum Gasteiger partial charge on any atom is -0.507 e. The summed E-state index contributed by atoms with van der Waals surface area (Å²) in [6.45, 7) is 7.85. The number of nitrogen functional groups attached to an aromatic ring is 1. The number of ether oxygens (including phenoxy) is 1. The summed E-state index contributed by atoms with van der Waals surface area (Å²) >= 11 is 0. The number of anilines is 1. The largest absolute Gasteiger partial charge is 0.507 e. The summed E-state index contributed by atoms with van der Waals surface area (Å²) in [6.07, 6.45) is 4.60. The minimum atomic E-state index is -0.107. The van der Waals surface area contributed by atoms with Crippen LogP contribution < -0.4 is 10.5 Å². The molecule has 0 atom stereocenters. The molecular formula is C22H27NO3. The van der Waals surface area contributed by atoms with E-state index in [1.54, 1.807) is 30.3 Å². The number of rotatable bonds is 7. The van der Waals surface area contributed by atoms with Crippen molar-refractivity contribution in [1.82, 2.24) is 0 Å². The van der Waals surface area contributed by atoms with E-state index < -0.39 is 0 Å². The molecule has 0 bridgehead atoms. The fourth-order valence-electron chi connectivity index (χ4n) is 2.80. The van der Waals surface area contributed by atoms with Gasteiger partial charge in [-0.2, -0.15) is 0 Å². The lowest BCUT2D eigenvalue weighted by Gasteiger charge is -2.19. The first-order valence-corrected chi connectivity index (χ1v) is 8.99. The monoisotopic (exact) mass is 353 g/mol. The Kier molecular flexibility index (Phi) is 6.45. The third-order valence-corrected chi connectivity index (χ3v) is 4.15. The number of aryl methyl sites for hydroxylation is 1. The first-order chi connectivity index (χ1) is 12.4. The molecule has 0 unspecified atom stereocenters. The Labute approximate surface area is 155 Å². The molecule has 2 aromatic carbocycles. The Balaban J connectivity index is 2.45. The van der Waals surface area contributed by atoms with Gasteiger partial charge in [0, 0.05) is 22.4 Å². The molecular weight excluding hydrogens is 326 g/mol. The number of hydrogen-bond acceptors (Lipinski definition) is 4. The molecule has 0 aliphatic rings. The fourth-order valence-corrected chi connectivity index (χ4v) is 2.80. The predicted octanol–water partition coefficient (Wildman–Crippen LogP) is 4.78. The number of aromatic hydroxyl groups is 1. The maximum Gasteiger partial charge on any atom is 0.185 e. The number of carbonyl (C=O) groups excluding carboxylic acids is 1. The molecule has 0 saturated carbocycles. The maximum absolute atomic E-state index is 12.4. The Morgan fingerprint density at radius 1 is 1.19 bits per heavy atom. The molecule has 0 aliphatic carbocycles. The van der Waals surface area contributed by atoms with Gasteiger partial charge in [0.2, 0.25) is 0 Å². The predicted molar refractivity (Wildman–Crippen MR) is 107 cm³/mol. The molecule has 4 heteroatoms. The van der Waals surface area contributed by atoms with Crippen LogP contribution in [-0.2, 0) is 12.8 Å². The molecule has 26 heavy (non-hydrogen) atoms. The molecule has 2 rings (SSSR count). The molecule has 0 saturated heterocycles. The van der Waals surface area contributed by atoms with Crippen molar-refractivity contribution in [3.05, 3.63) is 58.7 Å². The van der Waals surface area contributed by atoms with E-state index in [-0.39, 0.29) is 17.6 Å². The van der Waals surface area contributed by atoms with Crippen molar-refractivity contribution in [3.8, 4) is 11.5 Å². The van der Waals surface area contributed by atoms with Gasteiger partial charge in [0.1, 0.15) is 11.5 Å². The number of hydrogen-bond donors (Lipinski definition) is 2. The molecule has 138 valence electrons. The highest BCUT2D eigenvalue weighted by atomic mass is 16.5. The van der Waals surface area contributed by atoms with Gasteiger partial charge in [-0.1, -0.05) is 13.8 Å². The third kappa shape index (κ3) is 4.45. The van der Waals surface area contributed by atoms with Crippen molar-refractivity contribution >= 4 is 17.5 Å². The van der Waals surface area contributed by atoms with Crippen molar-refractivity contribution in [2.24, 2.45) is 0 Å². The molecule has 0 aromatic heterocycles. The number of ketones is 1. The summed E-state index contributed by atoms with van der Waals surface area (Å²) in [5, 5.41) is 10.5. The number of phenols is 1. The van der Waals surface area contributed by atoms with E-state index in [0.29, 0.717) is 29.8 Å². The van der Waals surface area contributed by atoms with E-state index in [9.17, 15) is 9.90 Å². The van der Waals surface area contributed by atoms with Gasteiger partial charge in [0.15, 0.2) is 5.78 Å². The zero-order valence-electron chi connectivity index (χ0n) is 15.9. The molecule has 0 fully saturated rings. The molecule has 0 aliphatic heterocycles. The number of carbonyl (C=O) groups is 1. The fraction of sp³-hybridized carbons (Fsp3) is 0.318. The topological polar surface area (TPSA) is 72.6 Å². The summed E-state index contributed by atoms with van der Waals surface area (Å²) in [6, 6.07) is 8.72. The maximum atomic E-state index is 12.4. The van der Waals surface area contributed by atoms with Crippen molar-refractivity contribution in [3.63, 3.8) is 0 Å². The number of allylic oxidation sites excluding steroid dienone is 1. The van der Waals surface area contributed by atoms with E-state index >= 15 is 0 Å². The summed E-state index contributed by atoms with van der Waals surface area (Å²) in [5.41, 5.74) is 9.29. The van der Waals surface area contributed by atoms with Crippen LogP contribution in [0.5, 0.6) is 11.5 Å². The SMILES string of the molecule is CCc1cc(/C=C/C(=O)c2ccc(N)cc2)c(OC(C)C)c(CC)c1O. The lowest BCUT2D eigenvalue weighted by Crippen LogP contribution is -2.09. The summed E-state index contributed by atoms with van der Waals surface area (Å²) in [4.78, 5) is 12.4. The zero-order chi connectivity index (χ0) is 19.3. The van der Waals surface area contributed by atoms with Gasteiger partial charge in [-0.15, -0.1) is 0 Å². The van der Waals surface area contributed by atoms with Gasteiger partial charge in [-0.05, 0) is 74.7 Å². The van der Waals surface area contributed by atoms with Gasteiger partial charge < -0.3 is 15.6 Å². The highest BCUT2D eigenvalue weighted by Gasteiger charge is 2.17. The van der Waals surface area contributed by atoms with Crippen LogP contribution in [0.1, 0.15) is 54.7 Å². The third-order valence-electron chi connectivity index (χ3n) is 4.15. The van der Waals surface area contributed by atoms with Crippen LogP contribution in [0.4, 0.5) is 5.69 Å². The Bertz CT molecular complexity index is 805. The van der Waals surface area contributed by atoms with E-state index in [4.69, 9.17) is 10.5 Å². The van der Waals surface area contributed by atoms with Gasteiger partial charge >= 0.3 is 0 Å². The Morgan fingerprint density at radius 2 is 1.85 bits per heavy atom. The van der Waals surface area contributed by atoms with E-state index in [1.807, 2.05) is 33.8 Å². The standard InChI is InChI=1S/C22H27NO3/c1-5-15-13-17(22(26-14(3)4)19(6-2)21(15)25)9-12-20(24)16-7-10-18(23)11-8-16/h7-14,25H,5-6,23H2,1-4H3/b12-9+. The van der Waals surface area contributed by atoms with E-state index in [1.165, 1.54) is 6.08 Å². The number of phenolic OH excluding ortho intramolecular Hbond substituents is 1. The van der Waals surface area contributed by atoms with E-state index in [0.717, 1.165) is 16.7 Å². The van der Waals surface area contributed by atoms with Crippen molar-refractivity contribution < 1.29 is 14.6 Å². The van der Waals surface area contributed by atoms with Crippen molar-refractivity contribution in [2.45, 2.75) is 46.6 Å². The smallest absolute Gasteiger partial charge is 0.185 e. The highest BCUT2D eigenvalue weighted by Crippen LogP contribution is 2.37. The molecule has 0 amide bonds. The van der Waals surface area contributed by atoms with Crippen molar-refractivity contribution in [2.75, 3.05) is 5.73 Å². The first kappa shape index (κ1) is 19.6. The van der Waals surface area contributed by atoms with Crippen LogP contribution in [0, 0.1) is 0 Å². The second-order valence-electron chi connectivity index (χ2n) is 6.47. The quantitative estimate of drug-likeness (QED) is 0.427. The Morgan fingerprint density at radius 3 is 2.38 bits per heavy atom. The first-order valence-electron chi connectivity index (χ1n) is 8.99. The molecule has 0 spiro atoms. The minimum absolute atomic E-state index is 0.0351. The Hall–Kier alpha value is -2.75. The second kappa shape index (κ2) is 8.56. The van der Waals surface area contributed by atoms with Gasteiger partial charge in [-0.25, -0.2) is 0 Å². The summed E-state index contributed by atoms with van der Waals surface area (Å²) in [5.74, 6) is 0.816. The lowest BCUT2D eigenvalue weighted by atomic mass is 9.98. The summed E-state index contributed by atoms with van der Waals surface area (Å²) < 4.78 is 5.96. The average Bonchev–Trinajstić information content (AvgIpc) is 2.61. The van der Waals surface area contributed by atoms with Crippen LogP contribution >= 0.6 is 0 Å². The highest BCUT2D eigenvalue weighted by molar-refractivity contribution is 6.07. The molecule has 0 radical (unpaired) electrons. The van der Waals surface area contributed by atoms with Gasteiger partial charge in [0.25, 0.3) is 0 Å². The average molecular weight is 353 g/mol. The van der Waals surface area contributed by atoms with E-state index in [2.05, 4.69) is 0 Å². The van der Waals surface area contributed by atoms with Crippen LogP contribution in [0.2, 0.25) is 0 Å². The van der Waals surface area contributed by atoms with Crippen LogP contribution in [-0.4, -0.2) is 17.0 Å². The second-order valence-corrected chi connectivity index (χ2v) is 6.47. The summed E-state index contributed by atoms with van der Waals surface area (Å²) in [7, 11) is 0. The van der Waals surface area contributed by atoms with Gasteiger partial charge in [0.05, 0.1) is 6.10 Å². The lowest BCUT2D eigenvalue weighted by molar-refractivity contribution is 0.104. The molecule has 4 nitrogen and oxygen atoms in total. The van der Waals surface area contributed by atoms with Crippen LogP contribution in [0.25, 0.3) is 6.08 Å². The number of nitrogens with two attached hydrogens (primary N) is 1. The molecule has 0 heterocycles. The molecule has 3 N–H and O–H groups in total. The zero-order valence-corrected chi connectivity index (χ0v) is 15.9. The van der Waals surface area contributed by atoms with Crippen LogP contribution in [0.15, 0.2) is 36.4 Å². The normalized spacial score (nSPS) is 11.3.